The minimum absolute atomic E-state index is 0.00240. The number of carbonyl (C=O) groups is 4. The summed E-state index contributed by atoms with van der Waals surface area (Å²) in [6.45, 7) is 18.7. The molecule has 15 saturated carbocycles. The molecule has 2 atom stereocenters. The molecule has 2 N–H and O–H groups in total. The van der Waals surface area contributed by atoms with E-state index in [0.29, 0.717) is 60.6 Å². The third-order valence-corrected chi connectivity index (χ3v) is 42.7. The summed E-state index contributed by atoms with van der Waals surface area (Å²) in [6.07, 6.45) is 30.3. The lowest BCUT2D eigenvalue weighted by Gasteiger charge is -2.56. The molecule has 28 heteroatoms. The summed E-state index contributed by atoms with van der Waals surface area (Å²) in [5.74, 6) is 4.92. The average Bonchev–Trinajstić information content (AvgIpc) is 0.785. The number of hydrogen-bond donors (Lipinski definition) is 2. The van der Waals surface area contributed by atoms with Crippen LogP contribution in [0.4, 0.5) is 39.5 Å². The van der Waals surface area contributed by atoms with Gasteiger partial charge < -0.3 is 18.9 Å². The highest BCUT2D eigenvalue weighted by Crippen LogP contribution is 2.64. The number of aryl methyl sites for hydroxylation is 1. The van der Waals surface area contributed by atoms with Crippen molar-refractivity contribution in [1.29, 1.82) is 0 Å². The highest BCUT2D eigenvalue weighted by atomic mass is 32.2. The Morgan fingerprint density at radius 2 is 0.832 bits per heavy atom. The molecule has 788 valence electrons. The molecule has 12 bridgehead atoms. The van der Waals surface area contributed by atoms with Crippen molar-refractivity contribution in [3.63, 3.8) is 0 Å². The van der Waals surface area contributed by atoms with Gasteiger partial charge in [0.25, 0.3) is 6.10 Å². The molecular formula is C115H154F9O14S5+3. The predicted octanol–water partition coefficient (Wildman–Crippen LogP) is 28.7. The first-order valence-corrected chi connectivity index (χ1v) is 60.1. The smallest absolute Gasteiger partial charge is 0.432 e. The number of esters is 3. The van der Waals surface area contributed by atoms with Crippen LogP contribution in [0.1, 0.15) is 335 Å². The first-order valence-electron chi connectivity index (χ1n) is 52.8. The molecule has 0 aromatic heterocycles. The molecule has 23 rings (SSSR count). The van der Waals surface area contributed by atoms with E-state index in [1.165, 1.54) is 166 Å². The van der Waals surface area contributed by atoms with Crippen molar-refractivity contribution in [2.24, 2.45) is 74.9 Å². The van der Waals surface area contributed by atoms with E-state index in [2.05, 4.69) is 192 Å². The summed E-state index contributed by atoms with van der Waals surface area (Å²) in [5.41, 5.74) is 8.79. The predicted molar refractivity (Wildman–Crippen MR) is 550 cm³/mol. The summed E-state index contributed by atoms with van der Waals surface area (Å²) in [5, 5.41) is -10.0. The molecule has 17 aliphatic rings. The van der Waals surface area contributed by atoms with Crippen LogP contribution in [0, 0.1) is 88.8 Å². The van der Waals surface area contributed by atoms with Crippen LogP contribution in [-0.2, 0) is 91.7 Å². The summed E-state index contributed by atoms with van der Waals surface area (Å²) in [6, 6.07) is 54.9. The second-order valence-corrected chi connectivity index (χ2v) is 56.5. The van der Waals surface area contributed by atoms with E-state index in [1.807, 2.05) is 24.3 Å². The lowest BCUT2D eigenvalue weighted by molar-refractivity contribution is -0.266. The van der Waals surface area contributed by atoms with Gasteiger partial charge in [-0.3, -0.25) is 23.5 Å². The van der Waals surface area contributed by atoms with Crippen LogP contribution in [0.25, 0.3) is 0 Å². The van der Waals surface area contributed by atoms with E-state index >= 15 is 0 Å². The third kappa shape index (κ3) is 28.9. The fourth-order valence-corrected chi connectivity index (χ4v) is 35.4. The maximum atomic E-state index is 13.6. The third-order valence-electron chi connectivity index (χ3n) is 33.3. The molecule has 14 nitrogen and oxygen atoms in total. The van der Waals surface area contributed by atoms with Gasteiger partial charge in [-0.1, -0.05) is 208 Å². The maximum absolute atomic E-state index is 13.6. The highest BCUT2D eigenvalue weighted by Gasteiger charge is 2.68. The number of halogens is 9. The van der Waals surface area contributed by atoms with Gasteiger partial charge in [-0.15, -0.1) is 0 Å². The Labute approximate surface area is 853 Å². The van der Waals surface area contributed by atoms with Gasteiger partial charge in [0, 0.05) is 45.1 Å². The van der Waals surface area contributed by atoms with Crippen LogP contribution < -0.4 is 0 Å². The van der Waals surface area contributed by atoms with Crippen LogP contribution in [0.2, 0.25) is 0 Å². The lowest BCUT2D eigenvalue weighted by atomic mass is 9.49. The van der Waals surface area contributed by atoms with Crippen molar-refractivity contribution in [2.75, 3.05) is 49.4 Å². The van der Waals surface area contributed by atoms with Gasteiger partial charge in [-0.25, -0.2) is 4.79 Å². The Balaban J connectivity index is 0.000000133. The van der Waals surface area contributed by atoms with Gasteiger partial charge in [0.1, 0.15) is 23.0 Å². The second-order valence-electron chi connectivity index (χ2n) is 46.8. The average molecular weight is 2090 g/mol. The number of carbonyl (C=O) groups excluding carboxylic acids is 4. The molecule has 0 spiro atoms. The first kappa shape index (κ1) is 112. The molecule has 2 aliphatic heterocycles. The molecule has 17 fully saturated rings. The second kappa shape index (κ2) is 47.4. The fraction of sp³-hybridized carbons (Fsp3) is 0.652. The first-order chi connectivity index (χ1) is 67.5. The van der Waals surface area contributed by atoms with Crippen molar-refractivity contribution >= 4 is 76.6 Å². The molecule has 15 aliphatic carbocycles. The highest BCUT2D eigenvalue weighted by molar-refractivity contribution is 7.98. The number of alkyl halides is 9. The van der Waals surface area contributed by atoms with Crippen molar-refractivity contribution in [1.82, 2.24) is 0 Å². The van der Waals surface area contributed by atoms with E-state index in [0.717, 1.165) is 124 Å². The number of ether oxygens (including phenoxy) is 4. The van der Waals surface area contributed by atoms with Crippen molar-refractivity contribution in [2.45, 2.75) is 364 Å². The van der Waals surface area contributed by atoms with Crippen LogP contribution in [0.3, 0.4) is 0 Å². The van der Waals surface area contributed by atoms with E-state index in [4.69, 9.17) is 18.6 Å². The minimum atomic E-state index is -6.42. The van der Waals surface area contributed by atoms with Gasteiger partial charge in [0.05, 0.1) is 41.5 Å². The SMILES string of the molecule is CC(C)(C)c1ccc([S+]2CCCC2)cc1.CC(F)(F)C(=O)OCC12CC3CC(CC(C3)C1)C2.Cc1c(C2CCCCC2)cc(C2CCCCC2)cc1C1CCCCC1.Cc1ccc(C(=O)C([S+]2CCOCC2)C(C)(C)C)cc1.O=C(OC(C(F)(F)F)C(F)(F)S(=O)(=O)O)C12CC3CC(CC(C3)C1)C2.O=C(OCC(F)(F)S(=O)(=O)O)C12CC3CC(CC(C3)C1)C2.c1ccc([S+](c2ccccc2)c2ccccc2)cc1. The molecule has 143 heavy (non-hydrogen) atoms. The van der Waals surface area contributed by atoms with Gasteiger partial charge >= 0.3 is 60.8 Å². The number of benzene rings is 6. The Morgan fingerprint density at radius 1 is 0.455 bits per heavy atom. The summed E-state index contributed by atoms with van der Waals surface area (Å²) in [4.78, 5) is 54.5. The molecule has 6 aromatic carbocycles. The van der Waals surface area contributed by atoms with Crippen molar-refractivity contribution in [3.8, 4) is 0 Å². The summed E-state index contributed by atoms with van der Waals surface area (Å²) >= 11 is 0. The van der Waals surface area contributed by atoms with Crippen LogP contribution in [0.5, 0.6) is 0 Å². The molecule has 6 aromatic rings. The van der Waals surface area contributed by atoms with E-state index in [-0.39, 0.29) is 86.9 Å². The summed E-state index contributed by atoms with van der Waals surface area (Å²) < 4.78 is 196. The molecule has 0 radical (unpaired) electrons. The number of rotatable bonds is 21. The van der Waals surface area contributed by atoms with Gasteiger partial charge in [-0.05, 0) is 334 Å². The van der Waals surface area contributed by atoms with Crippen LogP contribution >= 0.6 is 0 Å². The Kier molecular flexibility index (Phi) is 37.2. The van der Waals surface area contributed by atoms with Gasteiger partial charge in [-0.2, -0.15) is 56.3 Å². The Hall–Kier alpha value is -6.40. The number of Topliss-reactive ketones (excluding diaryl/α,β-unsaturated/α-hetero) is 1. The zero-order chi connectivity index (χ0) is 103. The maximum Gasteiger partial charge on any atom is 0.432 e. The normalized spacial score (nSPS) is 27.5. The molecule has 0 amide bonds. The van der Waals surface area contributed by atoms with E-state index in [9.17, 15) is 75.5 Å². The zero-order valence-electron chi connectivity index (χ0n) is 85.2. The quantitative estimate of drug-likeness (QED) is 0.0171. The standard InChI is InChI=1S/C25H38.C18H15S.C17H25O2S.C14H17F5O5S.C14H20F2O2.C14H21S.C13H18F2O5S/c1-19-24(21-13-7-3-8-14-21)17-23(20-11-5-2-6-12-20)18-25(19)22-15-9-4-10-16-22;1-4-10-16(11-5-1)19(17-12-6-2-7-13-17)18-14-8-3-9-15-18;1-13-5-7-14(8-6-13)15(18)16(17(2,3)4)20-11-9-19-10-12-20;15-13(16,17)10(14(18,19)25(21,22)23)24-11(20)12-4-7-1-8(5-12)3-9(2-7)6-12;1-13(15,16)12(17)18-8-14-5-9-2-10(6-14)4-11(3-9)7-14;1-14(2,3)12-6-8-13(9-7-12)15-10-4-5-11-15;14-13(15,21(17,18)19)7-20-11(16)12-4-8-1-9(5-12)3-10(2-8)6-12/h17-18,20-22H,2-16H2,1H3;1-15H;5-8,16H,9-12H2,1-4H3;7-10H,1-6H2,(H,21,22,23);9-11H,2-8H2,1H3;6-9H,4-5,10-11H2,1-3H3;8-10H,1-7H2,(H,17,18,19)/q;2*+1;;;+1;. The van der Waals surface area contributed by atoms with Gasteiger partial charge in [0.2, 0.25) is 5.78 Å². The fourth-order valence-electron chi connectivity index (χ4n) is 27.5. The van der Waals surface area contributed by atoms with Crippen molar-refractivity contribution in [3.05, 3.63) is 191 Å². The molecular weight excluding hydrogens is 1940 g/mol. The largest absolute Gasteiger partial charge is 0.461 e. The zero-order valence-corrected chi connectivity index (χ0v) is 89.2. The lowest BCUT2D eigenvalue weighted by Crippen LogP contribution is -2.56. The van der Waals surface area contributed by atoms with E-state index in [1.54, 1.807) is 27.1 Å². The van der Waals surface area contributed by atoms with Crippen LogP contribution in [0.15, 0.2) is 171 Å². The summed E-state index contributed by atoms with van der Waals surface area (Å²) in [7, 11) is -11.3. The molecule has 2 saturated heterocycles. The number of ketones is 1. The topological polar surface area (TPSA) is 214 Å². The Bertz CT molecular complexity index is 5170. The Morgan fingerprint density at radius 3 is 1.19 bits per heavy atom. The van der Waals surface area contributed by atoms with Crippen LogP contribution in [-0.4, -0.2) is 133 Å². The molecule has 2 unspecified atom stereocenters. The monoisotopic (exact) mass is 2090 g/mol. The van der Waals surface area contributed by atoms with Crippen molar-refractivity contribution < 1.29 is 104 Å². The van der Waals surface area contributed by atoms with Gasteiger partial charge in [0.15, 0.2) is 31.4 Å². The minimum Gasteiger partial charge on any atom is -0.461 e. The molecule has 2 heterocycles. The number of hydrogen-bond acceptors (Lipinski definition) is 12. The van der Waals surface area contributed by atoms with E-state index < -0.39 is 84.3 Å².